The molecule has 2 aliphatic rings. The Labute approximate surface area is 114 Å². The third-order valence-electron chi connectivity index (χ3n) is 4.58. The molecule has 0 saturated heterocycles. The SMILES string of the molecule is CNC(CN1CCc2ccccc21)(C(N)=O)C1CC1. The number of benzene rings is 1. The van der Waals surface area contributed by atoms with Crippen LogP contribution in [-0.2, 0) is 11.2 Å². The monoisotopic (exact) mass is 259 g/mol. The predicted molar refractivity (Wildman–Crippen MR) is 76.1 cm³/mol. The summed E-state index contributed by atoms with van der Waals surface area (Å²) in [7, 11) is 1.85. The van der Waals surface area contributed by atoms with Gasteiger partial charge in [0.05, 0.1) is 0 Å². The molecule has 1 fully saturated rings. The van der Waals surface area contributed by atoms with Gasteiger partial charge in [0.2, 0.25) is 5.91 Å². The van der Waals surface area contributed by atoms with Crippen LogP contribution in [0.4, 0.5) is 5.69 Å². The summed E-state index contributed by atoms with van der Waals surface area (Å²) in [4.78, 5) is 14.3. The smallest absolute Gasteiger partial charge is 0.239 e. The third-order valence-corrected chi connectivity index (χ3v) is 4.58. The summed E-state index contributed by atoms with van der Waals surface area (Å²) in [5.74, 6) is 0.171. The normalized spacial score (nSPS) is 21.0. The van der Waals surface area contributed by atoms with Crippen molar-refractivity contribution in [3.8, 4) is 0 Å². The van der Waals surface area contributed by atoms with E-state index < -0.39 is 5.54 Å². The summed E-state index contributed by atoms with van der Waals surface area (Å²) < 4.78 is 0. The molecule has 3 rings (SSSR count). The topological polar surface area (TPSA) is 58.4 Å². The molecule has 0 radical (unpaired) electrons. The van der Waals surface area contributed by atoms with Crippen LogP contribution in [0.5, 0.6) is 0 Å². The van der Waals surface area contributed by atoms with Gasteiger partial charge >= 0.3 is 0 Å². The third kappa shape index (κ3) is 2.00. The Kier molecular flexibility index (Phi) is 2.97. The first-order valence-electron chi connectivity index (χ1n) is 6.99. The van der Waals surface area contributed by atoms with E-state index in [1.54, 1.807) is 0 Å². The number of fused-ring (bicyclic) bond motifs is 1. The lowest BCUT2D eigenvalue weighted by atomic mass is 9.91. The quantitative estimate of drug-likeness (QED) is 0.826. The number of carbonyl (C=O) groups excluding carboxylic acids is 1. The van der Waals surface area contributed by atoms with Gasteiger partial charge in [-0.1, -0.05) is 18.2 Å². The summed E-state index contributed by atoms with van der Waals surface area (Å²) in [5, 5.41) is 3.22. The maximum absolute atomic E-state index is 12.0. The van der Waals surface area contributed by atoms with E-state index in [0.717, 1.165) is 25.8 Å². The fourth-order valence-corrected chi connectivity index (χ4v) is 3.26. The van der Waals surface area contributed by atoms with E-state index in [-0.39, 0.29) is 5.91 Å². The van der Waals surface area contributed by atoms with Crippen LogP contribution in [-0.4, -0.2) is 31.6 Å². The lowest BCUT2D eigenvalue weighted by molar-refractivity contribution is -0.124. The number of nitrogens with one attached hydrogen (secondary N) is 1. The highest BCUT2D eigenvalue weighted by Gasteiger charge is 2.50. The highest BCUT2D eigenvalue weighted by molar-refractivity contribution is 5.86. The van der Waals surface area contributed by atoms with Crippen LogP contribution < -0.4 is 16.0 Å². The molecule has 1 unspecified atom stereocenters. The molecule has 0 aromatic heterocycles. The first-order valence-corrected chi connectivity index (χ1v) is 6.99. The van der Waals surface area contributed by atoms with Crippen LogP contribution in [0, 0.1) is 5.92 Å². The highest BCUT2D eigenvalue weighted by atomic mass is 16.1. The maximum Gasteiger partial charge on any atom is 0.239 e. The molecule has 1 aliphatic heterocycles. The Morgan fingerprint density at radius 2 is 2.21 bits per heavy atom. The molecule has 1 aromatic rings. The molecule has 1 atom stereocenters. The molecular weight excluding hydrogens is 238 g/mol. The fraction of sp³-hybridized carbons (Fsp3) is 0.533. The van der Waals surface area contributed by atoms with E-state index in [0.29, 0.717) is 12.5 Å². The van der Waals surface area contributed by atoms with Crippen LogP contribution in [0.3, 0.4) is 0 Å². The number of hydrogen-bond donors (Lipinski definition) is 2. The Hall–Kier alpha value is -1.55. The van der Waals surface area contributed by atoms with E-state index >= 15 is 0 Å². The first-order chi connectivity index (χ1) is 9.17. The number of hydrogen-bond acceptors (Lipinski definition) is 3. The molecule has 1 amide bonds. The molecule has 1 heterocycles. The number of primary amides is 1. The summed E-state index contributed by atoms with van der Waals surface area (Å²) in [6.07, 6.45) is 3.25. The lowest BCUT2D eigenvalue weighted by Crippen LogP contribution is -2.62. The van der Waals surface area contributed by atoms with Gasteiger partial charge in [0.1, 0.15) is 5.54 Å². The van der Waals surface area contributed by atoms with Gasteiger partial charge < -0.3 is 16.0 Å². The number of carbonyl (C=O) groups is 1. The maximum atomic E-state index is 12.0. The van der Waals surface area contributed by atoms with E-state index in [4.69, 9.17) is 5.73 Å². The predicted octanol–water partition coefficient (Wildman–Crippen LogP) is 0.903. The zero-order valence-electron chi connectivity index (χ0n) is 11.4. The standard InChI is InChI=1S/C15H21N3O/c1-17-15(14(16)19,12-6-7-12)10-18-9-8-11-4-2-3-5-13(11)18/h2-5,12,17H,6-10H2,1H3,(H2,16,19). The number of nitrogens with two attached hydrogens (primary N) is 1. The van der Waals surface area contributed by atoms with Crippen LogP contribution in [0.1, 0.15) is 18.4 Å². The van der Waals surface area contributed by atoms with E-state index in [2.05, 4.69) is 34.5 Å². The molecule has 4 heteroatoms. The number of nitrogens with zero attached hydrogens (tertiary/aromatic N) is 1. The Morgan fingerprint density at radius 3 is 2.84 bits per heavy atom. The van der Waals surface area contributed by atoms with Gasteiger partial charge in [0.25, 0.3) is 0 Å². The fourth-order valence-electron chi connectivity index (χ4n) is 3.26. The van der Waals surface area contributed by atoms with Crippen molar-refractivity contribution in [1.29, 1.82) is 0 Å². The molecule has 3 N–H and O–H groups in total. The van der Waals surface area contributed by atoms with E-state index in [1.807, 2.05) is 7.05 Å². The molecular formula is C15H21N3O. The van der Waals surface area contributed by atoms with Crippen molar-refractivity contribution in [1.82, 2.24) is 5.32 Å². The van der Waals surface area contributed by atoms with E-state index in [1.165, 1.54) is 11.3 Å². The first kappa shape index (κ1) is 12.5. The Morgan fingerprint density at radius 1 is 1.47 bits per heavy atom. The van der Waals surface area contributed by atoms with Crippen molar-refractivity contribution in [3.63, 3.8) is 0 Å². The van der Waals surface area contributed by atoms with Crippen LogP contribution in [0.2, 0.25) is 0 Å². The zero-order valence-corrected chi connectivity index (χ0v) is 11.4. The van der Waals surface area contributed by atoms with Crippen LogP contribution in [0.15, 0.2) is 24.3 Å². The van der Waals surface area contributed by atoms with Gasteiger partial charge in [-0.25, -0.2) is 0 Å². The molecule has 19 heavy (non-hydrogen) atoms. The number of rotatable bonds is 5. The van der Waals surface area contributed by atoms with Gasteiger partial charge in [-0.15, -0.1) is 0 Å². The van der Waals surface area contributed by atoms with Gasteiger partial charge in [0.15, 0.2) is 0 Å². The van der Waals surface area contributed by atoms with Crippen LogP contribution in [0.25, 0.3) is 0 Å². The highest BCUT2D eigenvalue weighted by Crippen LogP contribution is 2.41. The van der Waals surface area contributed by atoms with Crippen molar-refractivity contribution >= 4 is 11.6 Å². The molecule has 0 bridgehead atoms. The average molecular weight is 259 g/mol. The summed E-state index contributed by atoms with van der Waals surface area (Å²) in [6, 6.07) is 8.43. The molecule has 1 aromatic carbocycles. The largest absolute Gasteiger partial charge is 0.369 e. The second-order valence-corrected chi connectivity index (χ2v) is 5.66. The average Bonchev–Trinajstić information content (AvgIpc) is 3.19. The number of anilines is 1. The van der Waals surface area contributed by atoms with E-state index in [9.17, 15) is 4.79 Å². The number of likely N-dealkylation sites (N-methyl/N-ethyl adjacent to an activating group) is 1. The van der Waals surface area contributed by atoms with Gasteiger partial charge in [-0.05, 0) is 43.9 Å². The van der Waals surface area contributed by atoms with Crippen molar-refractivity contribution < 1.29 is 4.79 Å². The summed E-state index contributed by atoms with van der Waals surface area (Å²) in [6.45, 7) is 1.66. The second kappa shape index (κ2) is 4.53. The number of para-hydroxylation sites is 1. The molecule has 1 aliphatic carbocycles. The van der Waals surface area contributed by atoms with Crippen molar-refractivity contribution in [2.24, 2.45) is 11.7 Å². The molecule has 0 spiro atoms. The second-order valence-electron chi connectivity index (χ2n) is 5.66. The minimum Gasteiger partial charge on any atom is -0.369 e. The zero-order chi connectivity index (χ0) is 13.5. The van der Waals surface area contributed by atoms with Crippen LogP contribution >= 0.6 is 0 Å². The molecule has 4 nitrogen and oxygen atoms in total. The molecule has 1 saturated carbocycles. The number of amides is 1. The van der Waals surface area contributed by atoms with Crippen molar-refractivity contribution in [2.75, 3.05) is 25.0 Å². The molecule has 102 valence electrons. The Bertz CT molecular complexity index is 498. The lowest BCUT2D eigenvalue weighted by Gasteiger charge is -2.35. The Balaban J connectivity index is 1.86. The summed E-state index contributed by atoms with van der Waals surface area (Å²) >= 11 is 0. The summed E-state index contributed by atoms with van der Waals surface area (Å²) in [5.41, 5.74) is 7.74. The van der Waals surface area contributed by atoms with Crippen molar-refractivity contribution in [3.05, 3.63) is 29.8 Å². The minimum atomic E-state index is -0.572. The van der Waals surface area contributed by atoms with Gasteiger partial charge in [-0.3, -0.25) is 4.79 Å². The van der Waals surface area contributed by atoms with Gasteiger partial charge in [0, 0.05) is 18.8 Å². The van der Waals surface area contributed by atoms with Gasteiger partial charge in [-0.2, -0.15) is 0 Å². The minimum absolute atomic E-state index is 0.220. The van der Waals surface area contributed by atoms with Crippen molar-refractivity contribution in [2.45, 2.75) is 24.8 Å².